The van der Waals surface area contributed by atoms with Gasteiger partial charge >= 0.3 is 0 Å². The molecule has 0 aliphatic heterocycles. The molecule has 0 radical (unpaired) electrons. The third kappa shape index (κ3) is 6.71. The van der Waals surface area contributed by atoms with E-state index in [2.05, 4.69) is 86.8 Å². The Morgan fingerprint density at radius 2 is 1.03 bits per heavy atom. The molecule has 0 aliphatic carbocycles. The van der Waals surface area contributed by atoms with E-state index in [-0.39, 0.29) is 10.8 Å². The average molecular weight is 397 g/mol. The van der Waals surface area contributed by atoms with Gasteiger partial charge in [-0.25, -0.2) is 0 Å². The largest absolute Gasteiger partial charge is 0.163 e. The Labute approximate surface area is 181 Å². The van der Waals surface area contributed by atoms with E-state index < -0.39 is 0 Å². The summed E-state index contributed by atoms with van der Waals surface area (Å²) in [5, 5.41) is 8.71. The molecular formula is C28H32N2. The van der Waals surface area contributed by atoms with Crippen LogP contribution in [0.3, 0.4) is 0 Å². The van der Waals surface area contributed by atoms with Gasteiger partial charge in [-0.3, -0.25) is 0 Å². The lowest BCUT2D eigenvalue weighted by Crippen LogP contribution is -2.19. The molecule has 2 nitrogen and oxygen atoms in total. The minimum Gasteiger partial charge on any atom is -0.163 e. The van der Waals surface area contributed by atoms with Gasteiger partial charge in [0.05, 0.1) is 0 Å². The lowest BCUT2D eigenvalue weighted by Gasteiger charge is -2.22. The molecule has 0 aromatic heterocycles. The maximum atomic E-state index is 4.36. The summed E-state index contributed by atoms with van der Waals surface area (Å²) >= 11 is 0. The quantitative estimate of drug-likeness (QED) is 0.247. The number of hydrogen-bond acceptors (Lipinski definition) is 2. The van der Waals surface area contributed by atoms with Gasteiger partial charge in [-0.05, 0) is 22.3 Å². The highest BCUT2D eigenvalue weighted by Crippen LogP contribution is 2.28. The van der Waals surface area contributed by atoms with E-state index in [1.807, 2.05) is 48.8 Å². The summed E-state index contributed by atoms with van der Waals surface area (Å²) in [5.74, 6) is 0. The van der Waals surface area contributed by atoms with Crippen LogP contribution >= 0.6 is 0 Å². The van der Waals surface area contributed by atoms with Gasteiger partial charge in [-0.1, -0.05) is 102 Å². The molecule has 2 aromatic rings. The smallest absolute Gasteiger partial charge is 0.0373 e. The molecule has 154 valence electrons. The first kappa shape index (κ1) is 23.1. The highest BCUT2D eigenvalue weighted by Gasteiger charge is 2.23. The van der Waals surface area contributed by atoms with E-state index in [4.69, 9.17) is 0 Å². The first-order chi connectivity index (χ1) is 14.3. The van der Waals surface area contributed by atoms with Crippen molar-refractivity contribution >= 4 is 12.4 Å². The lowest BCUT2D eigenvalue weighted by molar-refractivity contribution is 0.616. The molecule has 0 heterocycles. The van der Waals surface area contributed by atoms with Crippen LogP contribution in [0.15, 0.2) is 107 Å². The second kappa shape index (κ2) is 10.6. The summed E-state index contributed by atoms with van der Waals surface area (Å²) in [6.07, 6.45) is 5.31. The van der Waals surface area contributed by atoms with Crippen molar-refractivity contribution in [2.45, 2.75) is 40.5 Å². The van der Waals surface area contributed by atoms with E-state index in [0.717, 1.165) is 24.0 Å². The van der Waals surface area contributed by atoms with Gasteiger partial charge < -0.3 is 0 Å². The van der Waals surface area contributed by atoms with Crippen LogP contribution in [0.5, 0.6) is 0 Å². The lowest BCUT2D eigenvalue weighted by atomic mass is 9.82. The maximum Gasteiger partial charge on any atom is 0.0373 e. The monoisotopic (exact) mass is 396 g/mol. The van der Waals surface area contributed by atoms with Crippen LogP contribution < -0.4 is 0 Å². The first-order valence-corrected chi connectivity index (χ1v) is 10.2. The van der Waals surface area contributed by atoms with Gasteiger partial charge in [0.25, 0.3) is 0 Å². The Morgan fingerprint density at radius 3 is 1.33 bits per heavy atom. The van der Waals surface area contributed by atoms with Crippen LogP contribution in [0.4, 0.5) is 0 Å². The molecule has 0 aliphatic rings. The average Bonchev–Trinajstić information content (AvgIpc) is 2.74. The molecule has 0 atom stereocenters. The molecule has 0 saturated carbocycles. The van der Waals surface area contributed by atoms with Crippen LogP contribution in [0, 0.1) is 10.8 Å². The first-order valence-electron chi connectivity index (χ1n) is 10.2. The zero-order valence-electron chi connectivity index (χ0n) is 18.7. The zero-order valence-corrected chi connectivity index (χ0v) is 18.7. The van der Waals surface area contributed by atoms with Gasteiger partial charge in [0.2, 0.25) is 0 Å². The minimum absolute atomic E-state index is 0.291. The molecular weight excluding hydrogens is 364 g/mol. The van der Waals surface area contributed by atoms with E-state index in [0.29, 0.717) is 0 Å². The van der Waals surface area contributed by atoms with E-state index >= 15 is 0 Å². The maximum absolute atomic E-state index is 4.36. The molecule has 0 bridgehead atoms. The number of rotatable bonds is 9. The number of benzene rings is 2. The summed E-state index contributed by atoms with van der Waals surface area (Å²) in [7, 11) is 0. The van der Waals surface area contributed by atoms with Gasteiger partial charge in [0.15, 0.2) is 0 Å². The SMILES string of the molecule is C=C=C(Cc1ccccc1)C(C)(C)C=NN=CC(C)(C)C(=C=C)Cc1ccccc1. The van der Waals surface area contributed by atoms with Crippen molar-refractivity contribution in [2.75, 3.05) is 0 Å². The van der Waals surface area contributed by atoms with Crippen LogP contribution in [-0.2, 0) is 12.8 Å². The van der Waals surface area contributed by atoms with Crippen molar-refractivity contribution in [3.05, 3.63) is 108 Å². The third-order valence-electron chi connectivity index (χ3n) is 5.26. The topological polar surface area (TPSA) is 24.7 Å². The highest BCUT2D eigenvalue weighted by molar-refractivity contribution is 5.73. The Hall–Kier alpha value is -3.18. The predicted molar refractivity (Wildman–Crippen MR) is 130 cm³/mol. The molecule has 0 N–H and O–H groups in total. The van der Waals surface area contributed by atoms with Crippen molar-refractivity contribution in [2.24, 2.45) is 21.0 Å². The Balaban J connectivity index is 2.08. The summed E-state index contributed by atoms with van der Waals surface area (Å²) in [5.41, 5.74) is 10.3. The third-order valence-corrected chi connectivity index (χ3v) is 5.26. The fourth-order valence-electron chi connectivity index (χ4n) is 3.15. The number of nitrogens with zero attached hydrogens (tertiary/aromatic N) is 2. The second-order valence-electron chi connectivity index (χ2n) is 8.57. The Kier molecular flexibility index (Phi) is 8.13. The molecule has 2 rings (SSSR count). The molecule has 0 saturated heterocycles. The standard InChI is InChI=1S/C28H32N2/c1-7-25(19-23-15-11-9-12-16-23)27(3,4)21-29-30-22-28(5,6)26(8-2)20-24-17-13-10-14-18-24/h9-18,21-22H,1-2,19-20H2,3-6H3. The fraction of sp³-hybridized carbons (Fsp3) is 0.286. The highest BCUT2D eigenvalue weighted by atomic mass is 15.2. The summed E-state index contributed by atoms with van der Waals surface area (Å²) in [6.45, 7) is 16.2. The molecule has 30 heavy (non-hydrogen) atoms. The number of hydrogen-bond donors (Lipinski definition) is 0. The van der Waals surface area contributed by atoms with Crippen molar-refractivity contribution in [1.82, 2.24) is 0 Å². The van der Waals surface area contributed by atoms with Crippen LogP contribution in [0.1, 0.15) is 38.8 Å². The number of allylic oxidation sites excluding steroid dienone is 2. The van der Waals surface area contributed by atoms with Gasteiger partial charge in [-0.15, -0.1) is 11.5 Å². The van der Waals surface area contributed by atoms with Gasteiger partial charge in [0.1, 0.15) is 0 Å². The van der Waals surface area contributed by atoms with Crippen molar-refractivity contribution in [1.29, 1.82) is 0 Å². The summed E-state index contributed by atoms with van der Waals surface area (Å²) in [4.78, 5) is 0. The second-order valence-corrected chi connectivity index (χ2v) is 8.57. The molecule has 0 spiro atoms. The van der Waals surface area contributed by atoms with Gasteiger partial charge in [-0.2, -0.15) is 10.2 Å². The minimum atomic E-state index is -0.291. The van der Waals surface area contributed by atoms with Crippen LogP contribution in [0.2, 0.25) is 0 Å². The van der Waals surface area contributed by atoms with Crippen molar-refractivity contribution in [3.63, 3.8) is 0 Å². The van der Waals surface area contributed by atoms with E-state index in [1.165, 1.54) is 11.1 Å². The Bertz CT molecular complexity index is 896. The fourth-order valence-corrected chi connectivity index (χ4v) is 3.15. The van der Waals surface area contributed by atoms with Crippen molar-refractivity contribution < 1.29 is 0 Å². The molecule has 0 fully saturated rings. The molecule has 2 heteroatoms. The summed E-state index contributed by atoms with van der Waals surface area (Å²) in [6, 6.07) is 20.7. The van der Waals surface area contributed by atoms with Crippen LogP contribution in [-0.4, -0.2) is 12.4 Å². The normalized spacial score (nSPS) is 12.0. The van der Waals surface area contributed by atoms with E-state index in [1.54, 1.807) is 0 Å². The molecule has 0 amide bonds. The Morgan fingerprint density at radius 1 is 0.700 bits per heavy atom. The summed E-state index contributed by atoms with van der Waals surface area (Å²) < 4.78 is 0. The zero-order chi connectivity index (χ0) is 22.0. The molecule has 2 aromatic carbocycles. The van der Waals surface area contributed by atoms with E-state index in [9.17, 15) is 0 Å². The van der Waals surface area contributed by atoms with Gasteiger partial charge in [0, 0.05) is 36.1 Å². The van der Waals surface area contributed by atoms with Crippen LogP contribution in [0.25, 0.3) is 0 Å². The molecule has 0 unspecified atom stereocenters. The predicted octanol–water partition coefficient (Wildman–Crippen LogP) is 7.00. The van der Waals surface area contributed by atoms with Crippen molar-refractivity contribution in [3.8, 4) is 0 Å².